The molecule has 1 unspecified atom stereocenters. The Morgan fingerprint density at radius 2 is 1.59 bits per heavy atom. The molecule has 17 heavy (non-hydrogen) atoms. The van der Waals surface area contributed by atoms with Crippen molar-refractivity contribution in [1.82, 2.24) is 0 Å². The van der Waals surface area contributed by atoms with Gasteiger partial charge in [0.2, 0.25) is 0 Å². The first kappa shape index (κ1) is 17.7. The van der Waals surface area contributed by atoms with E-state index < -0.39 is 16.6 Å². The zero-order chi connectivity index (χ0) is 13.5. The Morgan fingerprint density at radius 3 is 1.94 bits per heavy atom. The van der Waals surface area contributed by atoms with Gasteiger partial charge in [0.25, 0.3) is 0 Å². The minimum atomic E-state index is -1.99. The van der Waals surface area contributed by atoms with Gasteiger partial charge in [0, 0.05) is 27.2 Å². The van der Waals surface area contributed by atoms with Crippen LogP contribution >= 0.6 is 11.8 Å². The Labute approximate surface area is 114 Å². The van der Waals surface area contributed by atoms with Crippen molar-refractivity contribution in [3.05, 3.63) is 0 Å². The van der Waals surface area contributed by atoms with Gasteiger partial charge in [-0.3, -0.25) is 0 Å². The van der Waals surface area contributed by atoms with Crippen LogP contribution in [-0.2, 0) is 8.85 Å². The highest BCUT2D eigenvalue weighted by Crippen LogP contribution is 2.31. The molecule has 0 rings (SSSR count). The molecule has 0 aromatic rings. The molecule has 0 aromatic heterocycles. The number of unbranched alkanes of at least 4 members (excludes halogenated alkanes) is 1. The fourth-order valence-corrected chi connectivity index (χ4v) is 11.6. The summed E-state index contributed by atoms with van der Waals surface area (Å²) in [6.45, 7) is 11.7. The van der Waals surface area contributed by atoms with E-state index in [1.165, 1.54) is 24.6 Å². The van der Waals surface area contributed by atoms with E-state index in [-0.39, 0.29) is 0 Å². The molecule has 0 aliphatic rings. The van der Waals surface area contributed by atoms with Gasteiger partial charge in [0.05, 0.1) is 0 Å². The third-order valence-electron chi connectivity index (χ3n) is 3.01. The average Bonchev–Trinajstić information content (AvgIpc) is 2.25. The quantitative estimate of drug-likeness (QED) is 0.470. The molecule has 0 aliphatic carbocycles. The van der Waals surface area contributed by atoms with E-state index in [4.69, 9.17) is 8.85 Å². The predicted octanol–water partition coefficient (Wildman–Crippen LogP) is 4.13. The van der Waals surface area contributed by atoms with E-state index in [2.05, 4.69) is 44.9 Å². The van der Waals surface area contributed by atoms with Crippen LogP contribution in [0.3, 0.4) is 0 Å². The van der Waals surface area contributed by atoms with Crippen molar-refractivity contribution in [2.24, 2.45) is 0 Å². The SMILES string of the molecule is CCCCSC(C[Si](C)(C)C)[Si](C)(OC)OC. The molecule has 5 heteroatoms. The van der Waals surface area contributed by atoms with Crippen molar-refractivity contribution in [1.29, 1.82) is 0 Å². The fourth-order valence-electron chi connectivity index (χ4n) is 1.67. The second-order valence-corrected chi connectivity index (χ2v) is 16.7. The van der Waals surface area contributed by atoms with Crippen LogP contribution in [0.4, 0.5) is 0 Å². The zero-order valence-electron chi connectivity index (χ0n) is 12.6. The second-order valence-electron chi connectivity index (χ2n) is 5.90. The van der Waals surface area contributed by atoms with E-state index in [0.717, 1.165) is 0 Å². The van der Waals surface area contributed by atoms with Crippen molar-refractivity contribution in [3.63, 3.8) is 0 Å². The minimum absolute atomic E-state index is 0.579. The van der Waals surface area contributed by atoms with Crippen molar-refractivity contribution in [2.75, 3.05) is 20.0 Å². The highest BCUT2D eigenvalue weighted by molar-refractivity contribution is 8.01. The lowest BCUT2D eigenvalue weighted by Crippen LogP contribution is -2.50. The van der Waals surface area contributed by atoms with Gasteiger partial charge in [0.15, 0.2) is 0 Å². The Morgan fingerprint density at radius 1 is 1.06 bits per heavy atom. The highest BCUT2D eigenvalue weighted by atomic mass is 32.2. The van der Waals surface area contributed by atoms with Crippen LogP contribution in [0.15, 0.2) is 0 Å². The summed E-state index contributed by atoms with van der Waals surface area (Å²) in [6, 6.07) is 1.30. The lowest BCUT2D eigenvalue weighted by molar-refractivity contribution is 0.249. The van der Waals surface area contributed by atoms with E-state index in [0.29, 0.717) is 4.87 Å². The van der Waals surface area contributed by atoms with Gasteiger partial charge in [-0.25, -0.2) is 0 Å². The number of hydrogen-bond donors (Lipinski definition) is 0. The third kappa shape index (κ3) is 7.01. The molecule has 0 bridgehead atoms. The van der Waals surface area contributed by atoms with Gasteiger partial charge in [-0.05, 0) is 24.8 Å². The Hall–Kier alpha value is 0.704. The molecule has 0 radical (unpaired) electrons. The number of hydrogen-bond acceptors (Lipinski definition) is 3. The smallest absolute Gasteiger partial charge is 0.347 e. The first-order valence-corrected chi connectivity index (χ1v) is 13.7. The van der Waals surface area contributed by atoms with Gasteiger partial charge >= 0.3 is 8.56 Å². The van der Waals surface area contributed by atoms with E-state index >= 15 is 0 Å². The van der Waals surface area contributed by atoms with Crippen LogP contribution < -0.4 is 0 Å². The van der Waals surface area contributed by atoms with Crippen LogP contribution in [0, 0.1) is 0 Å². The second kappa shape index (κ2) is 7.99. The molecule has 0 amide bonds. The molecule has 0 saturated carbocycles. The topological polar surface area (TPSA) is 18.5 Å². The summed E-state index contributed by atoms with van der Waals surface area (Å²) in [7, 11) is 0.568. The van der Waals surface area contributed by atoms with Crippen LogP contribution in [0.2, 0.25) is 32.2 Å². The Balaban J connectivity index is 4.59. The molecule has 0 aliphatic heterocycles. The summed E-state index contributed by atoms with van der Waals surface area (Å²) < 4.78 is 11.5. The van der Waals surface area contributed by atoms with Crippen LogP contribution in [0.5, 0.6) is 0 Å². The number of thioether (sulfide) groups is 1. The zero-order valence-corrected chi connectivity index (χ0v) is 15.4. The Kier molecular flexibility index (Phi) is 8.32. The first-order valence-electron chi connectivity index (χ1n) is 6.51. The van der Waals surface area contributed by atoms with Crippen molar-refractivity contribution in [3.8, 4) is 0 Å². The van der Waals surface area contributed by atoms with E-state index in [1.807, 2.05) is 14.2 Å². The maximum absolute atomic E-state index is 5.74. The van der Waals surface area contributed by atoms with Gasteiger partial charge in [-0.15, -0.1) is 0 Å². The van der Waals surface area contributed by atoms with Crippen molar-refractivity contribution < 1.29 is 8.85 Å². The summed E-state index contributed by atoms with van der Waals surface area (Å²) in [5, 5.41) is 0. The molecule has 0 aromatic carbocycles. The lowest BCUT2D eigenvalue weighted by atomic mass is 10.4. The fraction of sp³-hybridized carbons (Fsp3) is 1.00. The van der Waals surface area contributed by atoms with Gasteiger partial charge in [-0.2, -0.15) is 11.8 Å². The predicted molar refractivity (Wildman–Crippen MR) is 84.9 cm³/mol. The minimum Gasteiger partial charge on any atom is -0.397 e. The molecule has 0 heterocycles. The normalized spacial score (nSPS) is 15.0. The largest absolute Gasteiger partial charge is 0.397 e. The summed E-state index contributed by atoms with van der Waals surface area (Å²) in [6.07, 6.45) is 2.57. The molecule has 0 saturated heterocycles. The van der Waals surface area contributed by atoms with E-state index in [1.54, 1.807) is 0 Å². The molecule has 0 N–H and O–H groups in total. The molecule has 1 atom stereocenters. The highest BCUT2D eigenvalue weighted by Gasteiger charge is 2.41. The standard InChI is InChI=1S/C12H30O2SSi2/c1-8-9-10-15-12(11-16(4,5)6)17(7,13-2)14-3/h12H,8-11H2,1-7H3. The summed E-state index contributed by atoms with van der Waals surface area (Å²) in [5.74, 6) is 1.24. The molecule has 2 nitrogen and oxygen atoms in total. The van der Waals surface area contributed by atoms with Crippen LogP contribution in [-0.4, -0.2) is 41.5 Å². The molecule has 0 spiro atoms. The average molecular weight is 295 g/mol. The third-order valence-corrected chi connectivity index (χ3v) is 11.2. The van der Waals surface area contributed by atoms with Crippen LogP contribution in [0.1, 0.15) is 19.8 Å². The molecule has 0 fully saturated rings. The first-order chi connectivity index (χ1) is 7.79. The van der Waals surface area contributed by atoms with Crippen molar-refractivity contribution in [2.45, 2.75) is 56.9 Å². The summed E-state index contributed by atoms with van der Waals surface area (Å²) >= 11 is 2.08. The molecular weight excluding hydrogens is 264 g/mol. The number of rotatable bonds is 9. The monoisotopic (exact) mass is 294 g/mol. The lowest BCUT2D eigenvalue weighted by Gasteiger charge is -2.35. The van der Waals surface area contributed by atoms with Crippen LogP contribution in [0.25, 0.3) is 0 Å². The maximum atomic E-state index is 5.74. The van der Waals surface area contributed by atoms with E-state index in [9.17, 15) is 0 Å². The van der Waals surface area contributed by atoms with Crippen molar-refractivity contribution >= 4 is 28.4 Å². The molecular formula is C12H30O2SSi2. The van der Waals surface area contributed by atoms with Gasteiger partial charge < -0.3 is 8.85 Å². The summed E-state index contributed by atoms with van der Waals surface area (Å²) in [5.41, 5.74) is 0. The summed E-state index contributed by atoms with van der Waals surface area (Å²) in [4.78, 5) is 0.579. The maximum Gasteiger partial charge on any atom is 0.347 e. The molecule has 104 valence electrons. The van der Waals surface area contributed by atoms with Gasteiger partial charge in [-0.1, -0.05) is 33.0 Å². The Bertz CT molecular complexity index is 203. The van der Waals surface area contributed by atoms with Gasteiger partial charge in [0.1, 0.15) is 0 Å².